The molecule has 0 spiro atoms. The molecule has 0 radical (unpaired) electrons. The average molecular weight is 905 g/mol. The van der Waals surface area contributed by atoms with Crippen LogP contribution < -0.4 is 9.47 Å². The van der Waals surface area contributed by atoms with Crippen molar-refractivity contribution in [3.8, 4) is 28.4 Å². The Kier molecular flexibility index (Phi) is 15.9. The third kappa shape index (κ3) is 10.4. The highest BCUT2D eigenvalue weighted by atomic mass is 16.7. The van der Waals surface area contributed by atoms with Crippen LogP contribution in [0, 0.1) is 17.8 Å². The summed E-state index contributed by atoms with van der Waals surface area (Å²) in [6.07, 6.45) is 10.7. The SMILES string of the molecule is C=CCCOC(=O)N(Cc1cccc2ccccc12)[C@H]1CC(=NOCC)C2=C[C@H](CCCCO)[C@@H](CCCCO)[C@@H]3c4cc(Oc5ccc(-c6ccccc6)cc5)ccc4O[C@@]1(OCC=C)[C@H]23. The highest BCUT2D eigenvalue weighted by Gasteiger charge is 2.65. The average Bonchev–Trinajstić information content (AvgIpc) is 3.36. The first-order chi connectivity index (χ1) is 32.9. The molecule has 2 aliphatic carbocycles. The van der Waals surface area contributed by atoms with Crippen LogP contribution in [-0.2, 0) is 20.9 Å². The molecule has 6 atom stereocenters. The summed E-state index contributed by atoms with van der Waals surface area (Å²) >= 11 is 0. The Morgan fingerprint density at radius 1 is 0.851 bits per heavy atom. The van der Waals surface area contributed by atoms with Crippen LogP contribution in [0.2, 0.25) is 0 Å². The number of fused-ring (bicyclic) bond motifs is 3. The monoisotopic (exact) mass is 904 g/mol. The van der Waals surface area contributed by atoms with Gasteiger partial charge in [-0.2, -0.15) is 0 Å². The van der Waals surface area contributed by atoms with Gasteiger partial charge >= 0.3 is 6.09 Å². The normalized spacial score (nSPS) is 22.2. The maximum atomic E-state index is 14.9. The van der Waals surface area contributed by atoms with E-state index in [2.05, 4.69) is 73.8 Å². The van der Waals surface area contributed by atoms with Gasteiger partial charge in [-0.25, -0.2) is 4.79 Å². The van der Waals surface area contributed by atoms with Crippen LogP contribution in [0.3, 0.4) is 0 Å². The highest BCUT2D eigenvalue weighted by Crippen LogP contribution is 2.62. The van der Waals surface area contributed by atoms with E-state index in [0.717, 1.165) is 70.0 Å². The Hall–Kier alpha value is -6.20. The van der Waals surface area contributed by atoms with E-state index in [0.29, 0.717) is 43.1 Å². The molecule has 10 nitrogen and oxygen atoms in total. The number of amides is 1. The zero-order chi connectivity index (χ0) is 46.6. The van der Waals surface area contributed by atoms with Crippen molar-refractivity contribution in [2.24, 2.45) is 22.9 Å². The smallest absolute Gasteiger partial charge is 0.410 e. The molecule has 67 heavy (non-hydrogen) atoms. The molecule has 350 valence electrons. The molecule has 2 N–H and O–H groups in total. The zero-order valence-corrected chi connectivity index (χ0v) is 38.6. The number of carbonyl (C=O) groups is 1. The third-order valence-corrected chi connectivity index (χ3v) is 13.5. The first-order valence-electron chi connectivity index (χ1n) is 24.0. The van der Waals surface area contributed by atoms with Crippen molar-refractivity contribution in [3.05, 3.63) is 163 Å². The Labute approximate surface area is 395 Å². The number of rotatable bonds is 22. The number of allylic oxidation sites excluding steroid dienone is 1. The van der Waals surface area contributed by atoms with E-state index < -0.39 is 23.8 Å². The van der Waals surface area contributed by atoms with E-state index in [1.807, 2.05) is 67.6 Å². The van der Waals surface area contributed by atoms with Crippen LogP contribution in [0.1, 0.15) is 75.3 Å². The van der Waals surface area contributed by atoms with Crippen LogP contribution in [0.4, 0.5) is 4.79 Å². The minimum atomic E-state index is -1.45. The number of hydrogen-bond donors (Lipinski definition) is 2. The Bertz CT molecular complexity index is 2520. The molecule has 0 aromatic heterocycles. The molecule has 1 fully saturated rings. The largest absolute Gasteiger partial charge is 0.459 e. The Balaban J connectivity index is 1.31. The molecule has 5 aromatic carbocycles. The van der Waals surface area contributed by atoms with Gasteiger partial charge in [-0.3, -0.25) is 4.90 Å². The highest BCUT2D eigenvalue weighted by molar-refractivity contribution is 6.03. The van der Waals surface area contributed by atoms with Gasteiger partial charge in [0.25, 0.3) is 0 Å². The fourth-order valence-electron chi connectivity index (χ4n) is 10.6. The molecule has 1 heterocycles. The summed E-state index contributed by atoms with van der Waals surface area (Å²) in [6.45, 7) is 10.9. The number of oxime groups is 1. The second-order valence-electron chi connectivity index (χ2n) is 17.6. The Morgan fingerprint density at radius 2 is 1.58 bits per heavy atom. The molecule has 1 saturated carbocycles. The summed E-state index contributed by atoms with van der Waals surface area (Å²) in [6, 6.07) is 37.9. The molecule has 1 amide bonds. The van der Waals surface area contributed by atoms with E-state index in [1.54, 1.807) is 17.1 Å². The number of aliphatic hydroxyl groups is 2. The molecule has 8 rings (SSSR count). The van der Waals surface area contributed by atoms with Gasteiger partial charge in [-0.1, -0.05) is 121 Å². The molecular formula is C57H64N2O8. The van der Waals surface area contributed by atoms with Crippen molar-refractivity contribution < 1.29 is 38.8 Å². The molecule has 0 unspecified atom stereocenters. The lowest BCUT2D eigenvalue weighted by molar-refractivity contribution is -0.256. The first kappa shape index (κ1) is 47.3. The van der Waals surface area contributed by atoms with E-state index in [1.165, 1.54) is 0 Å². The number of nitrogens with zero attached hydrogens (tertiary/aromatic N) is 2. The molecule has 3 aliphatic rings. The van der Waals surface area contributed by atoms with Crippen LogP contribution in [0.25, 0.3) is 21.9 Å². The standard InChI is InChI=1S/C57H64N2O8/c1-4-7-35-63-56(62)59(39-44-23-17-22-42-20-11-12-24-47(42)44)53-38-51(58-65-6-3)49-36-43(21-13-15-32-60)48(25-14-16-33-61)54-50-37-46(30-31-52(50)67-57(53,55(49)54)64-34-5-2)66-45-28-26-41(27-29-45)40-18-9-8-10-19-40/h4-5,8-12,17-20,22-24,26-31,36-37,43,48,53-55,60-61H,1-2,6-7,13-16,21,25,32-35,38-39H2,3H3/t43-,48+,53-,54+,55+,57+/m0/s1. The van der Waals surface area contributed by atoms with Crippen molar-refractivity contribution in [1.29, 1.82) is 0 Å². The van der Waals surface area contributed by atoms with Crippen LogP contribution in [-0.4, -0.2) is 71.8 Å². The lowest BCUT2D eigenvalue weighted by Crippen LogP contribution is -2.70. The van der Waals surface area contributed by atoms with Crippen molar-refractivity contribution in [3.63, 3.8) is 0 Å². The topological polar surface area (TPSA) is 119 Å². The van der Waals surface area contributed by atoms with Crippen molar-refractivity contribution in [2.45, 2.75) is 82.6 Å². The van der Waals surface area contributed by atoms with Gasteiger partial charge in [-0.15, -0.1) is 13.2 Å². The molecular weight excluding hydrogens is 841 g/mol. The van der Waals surface area contributed by atoms with Crippen molar-refractivity contribution >= 4 is 22.6 Å². The van der Waals surface area contributed by atoms with Gasteiger partial charge in [0, 0.05) is 31.1 Å². The lowest BCUT2D eigenvalue weighted by Gasteiger charge is -2.59. The van der Waals surface area contributed by atoms with Gasteiger partial charge in [0.1, 0.15) is 29.9 Å². The molecule has 5 aromatic rings. The lowest BCUT2D eigenvalue weighted by atomic mass is 9.55. The van der Waals surface area contributed by atoms with E-state index >= 15 is 0 Å². The minimum absolute atomic E-state index is 0.0481. The third-order valence-electron chi connectivity index (χ3n) is 13.5. The first-order valence-corrected chi connectivity index (χ1v) is 24.0. The fourth-order valence-corrected chi connectivity index (χ4v) is 10.6. The quantitative estimate of drug-likeness (QED) is 0.0400. The summed E-state index contributed by atoms with van der Waals surface area (Å²) in [5.41, 5.74) is 5.83. The predicted octanol–water partition coefficient (Wildman–Crippen LogP) is 12.2. The summed E-state index contributed by atoms with van der Waals surface area (Å²) in [5.74, 6) is -0.0237. The summed E-state index contributed by atoms with van der Waals surface area (Å²) < 4.78 is 27.4. The van der Waals surface area contributed by atoms with Gasteiger partial charge in [0.15, 0.2) is 0 Å². The molecule has 10 heteroatoms. The molecule has 0 bridgehead atoms. The van der Waals surface area contributed by atoms with Gasteiger partial charge in [0.2, 0.25) is 5.79 Å². The van der Waals surface area contributed by atoms with Crippen LogP contribution in [0.5, 0.6) is 17.2 Å². The van der Waals surface area contributed by atoms with Crippen molar-refractivity contribution in [1.82, 2.24) is 4.90 Å². The summed E-state index contributed by atoms with van der Waals surface area (Å²) in [7, 11) is 0. The van der Waals surface area contributed by atoms with E-state index in [-0.39, 0.29) is 57.1 Å². The van der Waals surface area contributed by atoms with Gasteiger partial charge < -0.3 is 34.0 Å². The number of carbonyl (C=O) groups excluding carboxylic acids is 1. The molecule has 0 saturated heterocycles. The zero-order valence-electron chi connectivity index (χ0n) is 38.6. The second kappa shape index (κ2) is 22.5. The van der Waals surface area contributed by atoms with Crippen molar-refractivity contribution in [2.75, 3.05) is 33.0 Å². The van der Waals surface area contributed by atoms with E-state index in [9.17, 15) is 15.0 Å². The summed E-state index contributed by atoms with van der Waals surface area (Å²) in [5, 5.41) is 27.0. The maximum absolute atomic E-state index is 14.9. The second-order valence-corrected chi connectivity index (χ2v) is 17.6. The number of hydrogen-bond acceptors (Lipinski definition) is 9. The maximum Gasteiger partial charge on any atom is 0.410 e. The number of ether oxygens (including phenoxy) is 4. The number of aliphatic hydroxyl groups excluding tert-OH is 2. The number of benzene rings is 5. The van der Waals surface area contributed by atoms with E-state index in [4.69, 9.17) is 28.9 Å². The summed E-state index contributed by atoms with van der Waals surface area (Å²) in [4.78, 5) is 22.6. The number of unbranched alkanes of at least 4 members (excludes halogenated alkanes) is 2. The minimum Gasteiger partial charge on any atom is -0.459 e. The Morgan fingerprint density at radius 3 is 2.34 bits per heavy atom. The van der Waals surface area contributed by atoms with Gasteiger partial charge in [0.05, 0.1) is 31.4 Å². The molecule has 1 aliphatic heterocycles. The van der Waals surface area contributed by atoms with Crippen LogP contribution >= 0.6 is 0 Å². The predicted molar refractivity (Wildman–Crippen MR) is 264 cm³/mol. The van der Waals surface area contributed by atoms with Crippen LogP contribution in [0.15, 0.2) is 157 Å². The fraction of sp³-hybridized carbons (Fsp3) is 0.368. The van der Waals surface area contributed by atoms with Gasteiger partial charge in [-0.05, 0) is 114 Å².